The number of rotatable bonds is 2. The summed E-state index contributed by atoms with van der Waals surface area (Å²) in [6.45, 7) is 7.09. The molecule has 0 radical (unpaired) electrons. The molecule has 20 heavy (non-hydrogen) atoms. The van der Waals surface area contributed by atoms with Gasteiger partial charge in [-0.3, -0.25) is 0 Å². The standard InChI is InChI=1S/C14H20BrN3O2/c1-14(2,3)20-13(19)16-17-18-7-6-10-8-12(15)5-4-11(10)9-18/h4-5,8,17H,6-7,9H2,1-3H3,(H,16,19). The number of hydrogen-bond donors (Lipinski definition) is 2. The minimum Gasteiger partial charge on any atom is -0.443 e. The number of carbonyl (C=O) groups is 1. The van der Waals surface area contributed by atoms with E-state index >= 15 is 0 Å². The fourth-order valence-corrected chi connectivity index (χ4v) is 2.45. The van der Waals surface area contributed by atoms with Crippen LogP contribution < -0.4 is 11.0 Å². The monoisotopic (exact) mass is 341 g/mol. The molecule has 1 aromatic rings. The first-order chi connectivity index (χ1) is 9.33. The van der Waals surface area contributed by atoms with Crippen LogP contribution in [0.2, 0.25) is 0 Å². The number of nitrogens with zero attached hydrogens (tertiary/aromatic N) is 1. The molecule has 0 saturated carbocycles. The van der Waals surface area contributed by atoms with Crippen LogP contribution in [0, 0.1) is 0 Å². The van der Waals surface area contributed by atoms with Crippen LogP contribution in [0.15, 0.2) is 22.7 Å². The second kappa shape index (κ2) is 6.11. The van der Waals surface area contributed by atoms with Gasteiger partial charge in [0, 0.05) is 17.6 Å². The van der Waals surface area contributed by atoms with Gasteiger partial charge in [-0.05, 0) is 50.5 Å². The predicted octanol–water partition coefficient (Wildman–Crippen LogP) is 2.75. The summed E-state index contributed by atoms with van der Waals surface area (Å²) in [5, 5.41) is 1.96. The molecule has 6 heteroatoms. The highest BCUT2D eigenvalue weighted by Gasteiger charge is 2.19. The molecule has 1 aliphatic heterocycles. The summed E-state index contributed by atoms with van der Waals surface area (Å²) in [7, 11) is 0. The lowest BCUT2D eigenvalue weighted by atomic mass is 10.0. The Morgan fingerprint density at radius 3 is 2.80 bits per heavy atom. The van der Waals surface area contributed by atoms with Gasteiger partial charge in [-0.15, -0.1) is 0 Å². The fourth-order valence-electron chi connectivity index (χ4n) is 2.05. The van der Waals surface area contributed by atoms with Crippen molar-refractivity contribution >= 4 is 22.0 Å². The number of carbonyl (C=O) groups excluding carboxylic acids is 1. The van der Waals surface area contributed by atoms with Crippen molar-refractivity contribution in [2.24, 2.45) is 0 Å². The van der Waals surface area contributed by atoms with Gasteiger partial charge in [0.1, 0.15) is 5.60 Å². The SMILES string of the molecule is CC(C)(C)OC(=O)NNN1CCc2cc(Br)ccc2C1. The summed E-state index contributed by atoms with van der Waals surface area (Å²) in [6.07, 6.45) is 0.469. The summed E-state index contributed by atoms with van der Waals surface area (Å²) in [6, 6.07) is 6.28. The van der Waals surface area contributed by atoms with E-state index in [1.807, 2.05) is 31.8 Å². The minimum atomic E-state index is -0.494. The maximum absolute atomic E-state index is 11.6. The number of nitrogens with one attached hydrogen (secondary N) is 2. The average molecular weight is 342 g/mol. The van der Waals surface area contributed by atoms with Gasteiger partial charge in [0.05, 0.1) is 0 Å². The molecule has 1 aliphatic rings. The molecule has 0 spiro atoms. The number of hydrazine groups is 2. The van der Waals surface area contributed by atoms with Gasteiger partial charge in [-0.2, -0.15) is 5.53 Å². The molecule has 2 rings (SSSR count). The highest BCUT2D eigenvalue weighted by atomic mass is 79.9. The third kappa shape index (κ3) is 4.47. The summed E-state index contributed by atoms with van der Waals surface area (Å²) < 4.78 is 6.27. The molecule has 0 fully saturated rings. The zero-order valence-corrected chi connectivity index (χ0v) is 13.6. The number of halogens is 1. The molecule has 0 atom stereocenters. The van der Waals surface area contributed by atoms with Crippen molar-refractivity contribution in [1.82, 2.24) is 16.0 Å². The van der Waals surface area contributed by atoms with E-state index < -0.39 is 11.7 Å². The molecular formula is C14H20BrN3O2. The Hall–Kier alpha value is -1.11. The van der Waals surface area contributed by atoms with Crippen molar-refractivity contribution in [2.75, 3.05) is 6.54 Å². The molecule has 0 saturated heterocycles. The Labute approximate surface area is 127 Å². The number of benzene rings is 1. The molecule has 1 heterocycles. The van der Waals surface area contributed by atoms with Gasteiger partial charge >= 0.3 is 6.09 Å². The Bertz CT molecular complexity index is 500. The van der Waals surface area contributed by atoms with Crippen LogP contribution in [0.4, 0.5) is 4.79 Å². The number of ether oxygens (including phenoxy) is 1. The van der Waals surface area contributed by atoms with Crippen molar-refractivity contribution in [3.63, 3.8) is 0 Å². The topological polar surface area (TPSA) is 53.6 Å². The second-order valence-corrected chi connectivity index (χ2v) is 6.74. The van der Waals surface area contributed by atoms with Crippen molar-refractivity contribution in [3.05, 3.63) is 33.8 Å². The smallest absolute Gasteiger partial charge is 0.423 e. The van der Waals surface area contributed by atoms with Crippen LogP contribution in [0.5, 0.6) is 0 Å². The zero-order valence-electron chi connectivity index (χ0n) is 12.0. The Balaban J connectivity index is 1.85. The molecule has 0 bridgehead atoms. The first-order valence-electron chi connectivity index (χ1n) is 6.60. The van der Waals surface area contributed by atoms with E-state index in [1.54, 1.807) is 0 Å². The van der Waals surface area contributed by atoms with E-state index in [-0.39, 0.29) is 0 Å². The van der Waals surface area contributed by atoms with Crippen molar-refractivity contribution in [3.8, 4) is 0 Å². The first kappa shape index (κ1) is 15.3. The van der Waals surface area contributed by atoms with Gasteiger partial charge in [-0.1, -0.05) is 22.0 Å². The molecule has 0 aliphatic carbocycles. The Kier molecular flexibility index (Phi) is 4.67. The van der Waals surface area contributed by atoms with Gasteiger partial charge in [-0.25, -0.2) is 15.2 Å². The van der Waals surface area contributed by atoms with Crippen LogP contribution in [-0.4, -0.2) is 23.2 Å². The second-order valence-electron chi connectivity index (χ2n) is 5.82. The fraction of sp³-hybridized carbons (Fsp3) is 0.500. The lowest BCUT2D eigenvalue weighted by Crippen LogP contribution is -2.52. The van der Waals surface area contributed by atoms with Crippen molar-refractivity contribution < 1.29 is 9.53 Å². The number of amides is 1. The molecule has 5 nitrogen and oxygen atoms in total. The minimum absolute atomic E-state index is 0.473. The largest absolute Gasteiger partial charge is 0.443 e. The molecular weight excluding hydrogens is 322 g/mol. The summed E-state index contributed by atoms with van der Waals surface area (Å²) in [4.78, 5) is 11.6. The van der Waals surface area contributed by atoms with E-state index in [0.717, 1.165) is 24.0 Å². The van der Waals surface area contributed by atoms with E-state index in [1.165, 1.54) is 11.1 Å². The first-order valence-corrected chi connectivity index (χ1v) is 7.40. The molecule has 110 valence electrons. The van der Waals surface area contributed by atoms with E-state index in [0.29, 0.717) is 0 Å². The highest BCUT2D eigenvalue weighted by molar-refractivity contribution is 9.10. The maximum atomic E-state index is 11.6. The van der Waals surface area contributed by atoms with E-state index in [9.17, 15) is 4.79 Å². The summed E-state index contributed by atoms with van der Waals surface area (Å²) >= 11 is 3.48. The third-order valence-corrected chi connectivity index (χ3v) is 3.39. The van der Waals surface area contributed by atoms with Crippen LogP contribution in [0.25, 0.3) is 0 Å². The third-order valence-electron chi connectivity index (χ3n) is 2.90. The normalized spacial score (nSPS) is 15.6. The Morgan fingerprint density at radius 2 is 2.10 bits per heavy atom. The summed E-state index contributed by atoms with van der Waals surface area (Å²) in [5.41, 5.74) is 7.56. The lowest BCUT2D eigenvalue weighted by Gasteiger charge is -2.29. The predicted molar refractivity (Wildman–Crippen MR) is 80.8 cm³/mol. The summed E-state index contributed by atoms with van der Waals surface area (Å²) in [5.74, 6) is 0. The highest BCUT2D eigenvalue weighted by Crippen LogP contribution is 2.21. The van der Waals surface area contributed by atoms with Crippen LogP contribution in [-0.2, 0) is 17.7 Å². The van der Waals surface area contributed by atoms with Crippen LogP contribution >= 0.6 is 15.9 Å². The van der Waals surface area contributed by atoms with Crippen molar-refractivity contribution in [1.29, 1.82) is 0 Å². The maximum Gasteiger partial charge on any atom is 0.423 e. The number of fused-ring (bicyclic) bond motifs is 1. The molecule has 0 aromatic heterocycles. The van der Waals surface area contributed by atoms with Gasteiger partial charge in [0.2, 0.25) is 0 Å². The van der Waals surface area contributed by atoms with E-state index in [4.69, 9.17) is 4.74 Å². The Morgan fingerprint density at radius 1 is 1.35 bits per heavy atom. The van der Waals surface area contributed by atoms with Crippen LogP contribution in [0.1, 0.15) is 31.9 Å². The molecule has 0 unspecified atom stereocenters. The number of hydrogen-bond acceptors (Lipinski definition) is 4. The van der Waals surface area contributed by atoms with Gasteiger partial charge in [0.15, 0.2) is 0 Å². The quantitative estimate of drug-likeness (QED) is 0.812. The zero-order chi connectivity index (χ0) is 14.8. The van der Waals surface area contributed by atoms with Gasteiger partial charge < -0.3 is 4.74 Å². The molecule has 1 aromatic carbocycles. The lowest BCUT2D eigenvalue weighted by molar-refractivity contribution is 0.0368. The molecule has 2 N–H and O–H groups in total. The molecule has 1 amide bonds. The van der Waals surface area contributed by atoms with Gasteiger partial charge in [0.25, 0.3) is 0 Å². The van der Waals surface area contributed by atoms with Crippen LogP contribution in [0.3, 0.4) is 0 Å². The van der Waals surface area contributed by atoms with Crippen molar-refractivity contribution in [2.45, 2.75) is 39.3 Å². The van der Waals surface area contributed by atoms with E-state index in [2.05, 4.69) is 39.0 Å². The average Bonchev–Trinajstić information content (AvgIpc) is 2.34.